The summed E-state index contributed by atoms with van der Waals surface area (Å²) in [6, 6.07) is 8.20. The zero-order valence-electron chi connectivity index (χ0n) is 14.6. The van der Waals surface area contributed by atoms with Crippen molar-refractivity contribution in [1.82, 2.24) is 15.6 Å². The fraction of sp³-hybridized carbons (Fsp3) is 0.278. The van der Waals surface area contributed by atoms with Crippen molar-refractivity contribution >= 4 is 34.6 Å². The number of nitrogens with zero attached hydrogens (tertiary/aromatic N) is 3. The van der Waals surface area contributed by atoms with Crippen molar-refractivity contribution in [2.45, 2.75) is 19.4 Å². The number of hydrogen-bond acceptors (Lipinski definition) is 6. The van der Waals surface area contributed by atoms with E-state index in [0.717, 1.165) is 31.5 Å². The number of amides is 1. The van der Waals surface area contributed by atoms with Crippen LogP contribution in [0.15, 0.2) is 42.7 Å². The van der Waals surface area contributed by atoms with Crippen LogP contribution < -0.4 is 15.5 Å². The highest BCUT2D eigenvalue weighted by atomic mass is 32.1. The summed E-state index contributed by atoms with van der Waals surface area (Å²) in [6.45, 7) is 1.99. The minimum atomic E-state index is -0.491. The van der Waals surface area contributed by atoms with E-state index in [1.165, 1.54) is 6.07 Å². The number of nitrogens with one attached hydrogen (secondary N) is 2. The Morgan fingerprint density at radius 2 is 2.07 bits per heavy atom. The molecular formula is C18H19N5O3S. The largest absolute Gasteiger partial charge is 0.366 e. The second kappa shape index (κ2) is 8.54. The Hall–Kier alpha value is -3.07. The molecule has 0 bridgehead atoms. The van der Waals surface area contributed by atoms with E-state index in [1.54, 1.807) is 30.6 Å². The SMILES string of the molecule is O=C(NC(=S)NCc1cccnc1)c1ccc(N2CCCC2)c([N+](=O)[O-])c1. The van der Waals surface area contributed by atoms with Crippen LogP contribution in [0.1, 0.15) is 28.8 Å². The van der Waals surface area contributed by atoms with Gasteiger partial charge in [-0.2, -0.15) is 0 Å². The quantitative estimate of drug-likeness (QED) is 0.463. The van der Waals surface area contributed by atoms with Crippen LogP contribution in [0.3, 0.4) is 0 Å². The van der Waals surface area contributed by atoms with Gasteiger partial charge >= 0.3 is 0 Å². The smallest absolute Gasteiger partial charge is 0.293 e. The molecule has 8 nitrogen and oxygen atoms in total. The lowest BCUT2D eigenvalue weighted by atomic mass is 10.1. The number of thiocarbonyl (C=S) groups is 1. The van der Waals surface area contributed by atoms with Crippen LogP contribution in [0.5, 0.6) is 0 Å². The molecule has 27 heavy (non-hydrogen) atoms. The van der Waals surface area contributed by atoms with Crippen LogP contribution >= 0.6 is 12.2 Å². The van der Waals surface area contributed by atoms with Crippen LogP contribution in [-0.4, -0.2) is 34.0 Å². The maximum atomic E-state index is 12.4. The summed E-state index contributed by atoms with van der Waals surface area (Å²) in [5.74, 6) is -0.491. The van der Waals surface area contributed by atoms with Gasteiger partial charge in [-0.25, -0.2) is 0 Å². The molecule has 1 fully saturated rings. The molecule has 0 saturated carbocycles. The first kappa shape index (κ1) is 18.7. The topological polar surface area (TPSA) is 100 Å². The van der Waals surface area contributed by atoms with Gasteiger partial charge in [-0.15, -0.1) is 0 Å². The normalized spacial score (nSPS) is 13.3. The average molecular weight is 385 g/mol. The van der Waals surface area contributed by atoms with E-state index in [9.17, 15) is 14.9 Å². The van der Waals surface area contributed by atoms with Gasteiger partial charge in [0.1, 0.15) is 5.69 Å². The monoisotopic (exact) mass is 385 g/mol. The predicted molar refractivity (Wildman–Crippen MR) is 106 cm³/mol. The lowest BCUT2D eigenvalue weighted by molar-refractivity contribution is -0.384. The molecule has 1 aromatic carbocycles. The molecule has 1 saturated heterocycles. The lowest BCUT2D eigenvalue weighted by Gasteiger charge is -2.18. The standard InChI is InChI=1S/C18H19N5O3S/c24-17(21-18(27)20-12-13-4-3-7-19-11-13)14-5-6-15(16(10-14)23(25)26)22-8-1-2-9-22/h3-7,10-11H,1-2,8-9,12H2,(H2,20,21,24,27). The maximum absolute atomic E-state index is 12.4. The van der Waals surface area contributed by atoms with Gasteiger partial charge in [0.15, 0.2) is 5.11 Å². The number of rotatable bonds is 5. The first-order chi connectivity index (χ1) is 13.0. The number of anilines is 1. The number of aromatic nitrogens is 1. The van der Waals surface area contributed by atoms with E-state index in [-0.39, 0.29) is 16.4 Å². The molecule has 140 valence electrons. The molecule has 0 spiro atoms. The predicted octanol–water partition coefficient (Wildman–Crippen LogP) is 2.39. The molecule has 0 unspecified atom stereocenters. The van der Waals surface area contributed by atoms with Gasteiger partial charge in [-0.05, 0) is 48.8 Å². The van der Waals surface area contributed by atoms with Crippen LogP contribution in [-0.2, 0) is 6.54 Å². The minimum absolute atomic E-state index is 0.0706. The third-order valence-corrected chi connectivity index (χ3v) is 4.53. The Morgan fingerprint density at radius 1 is 1.30 bits per heavy atom. The van der Waals surface area contributed by atoms with Crippen LogP contribution in [0, 0.1) is 10.1 Å². The Kier molecular flexibility index (Phi) is 5.92. The molecule has 0 radical (unpaired) electrons. The van der Waals surface area contributed by atoms with E-state index >= 15 is 0 Å². The number of nitro groups is 1. The van der Waals surface area contributed by atoms with E-state index in [4.69, 9.17) is 12.2 Å². The summed E-state index contributed by atoms with van der Waals surface area (Å²) in [4.78, 5) is 29.3. The number of hydrogen-bond donors (Lipinski definition) is 2. The number of carbonyl (C=O) groups is 1. The van der Waals surface area contributed by atoms with Gasteiger partial charge in [0.05, 0.1) is 4.92 Å². The fourth-order valence-corrected chi connectivity index (χ4v) is 3.11. The van der Waals surface area contributed by atoms with Crippen molar-refractivity contribution < 1.29 is 9.72 Å². The van der Waals surface area contributed by atoms with E-state index in [1.807, 2.05) is 11.0 Å². The molecule has 2 heterocycles. The molecule has 1 aliphatic heterocycles. The Balaban J connectivity index is 1.66. The minimum Gasteiger partial charge on any atom is -0.366 e. The second-order valence-corrected chi connectivity index (χ2v) is 6.56. The molecule has 0 aliphatic carbocycles. The Morgan fingerprint density at radius 3 is 2.74 bits per heavy atom. The second-order valence-electron chi connectivity index (χ2n) is 6.15. The van der Waals surface area contributed by atoms with Crippen molar-refractivity contribution in [1.29, 1.82) is 0 Å². The highest BCUT2D eigenvalue weighted by Crippen LogP contribution is 2.31. The van der Waals surface area contributed by atoms with Crippen molar-refractivity contribution in [3.63, 3.8) is 0 Å². The van der Waals surface area contributed by atoms with E-state index < -0.39 is 10.8 Å². The van der Waals surface area contributed by atoms with Gasteiger partial charge in [-0.3, -0.25) is 25.2 Å². The third kappa shape index (κ3) is 4.76. The first-order valence-electron chi connectivity index (χ1n) is 8.56. The Labute approximate surface area is 161 Å². The zero-order valence-corrected chi connectivity index (χ0v) is 15.4. The molecule has 1 aromatic heterocycles. The third-order valence-electron chi connectivity index (χ3n) is 4.28. The van der Waals surface area contributed by atoms with Crippen LogP contribution in [0.4, 0.5) is 11.4 Å². The summed E-state index contributed by atoms with van der Waals surface area (Å²) in [7, 11) is 0. The maximum Gasteiger partial charge on any atom is 0.293 e. The molecule has 0 atom stereocenters. The van der Waals surface area contributed by atoms with Gasteiger partial charge < -0.3 is 10.2 Å². The number of pyridine rings is 1. The Bertz CT molecular complexity index is 853. The summed E-state index contributed by atoms with van der Waals surface area (Å²) in [5, 5.41) is 17.0. The van der Waals surface area contributed by atoms with Gasteiger partial charge in [0, 0.05) is 43.7 Å². The highest BCUT2D eigenvalue weighted by Gasteiger charge is 2.24. The number of nitro benzene ring substituents is 1. The zero-order chi connectivity index (χ0) is 19.2. The van der Waals surface area contributed by atoms with Crippen LogP contribution in [0.2, 0.25) is 0 Å². The fourth-order valence-electron chi connectivity index (χ4n) is 2.94. The molecule has 2 N–H and O–H groups in total. The van der Waals surface area contributed by atoms with E-state index in [2.05, 4.69) is 15.6 Å². The molecule has 1 aliphatic rings. The van der Waals surface area contributed by atoms with Crippen molar-refractivity contribution in [2.75, 3.05) is 18.0 Å². The molecular weight excluding hydrogens is 366 g/mol. The molecule has 2 aromatic rings. The van der Waals surface area contributed by atoms with Crippen molar-refractivity contribution in [3.05, 3.63) is 64.0 Å². The molecule has 9 heteroatoms. The van der Waals surface area contributed by atoms with Gasteiger partial charge in [0.25, 0.3) is 11.6 Å². The highest BCUT2D eigenvalue weighted by molar-refractivity contribution is 7.80. The lowest BCUT2D eigenvalue weighted by Crippen LogP contribution is -2.38. The first-order valence-corrected chi connectivity index (χ1v) is 8.97. The number of benzene rings is 1. The van der Waals surface area contributed by atoms with Crippen molar-refractivity contribution in [3.8, 4) is 0 Å². The van der Waals surface area contributed by atoms with Gasteiger partial charge in [0.2, 0.25) is 0 Å². The van der Waals surface area contributed by atoms with Gasteiger partial charge in [-0.1, -0.05) is 6.07 Å². The van der Waals surface area contributed by atoms with E-state index in [0.29, 0.717) is 12.2 Å². The summed E-state index contributed by atoms with van der Waals surface area (Å²) in [5.41, 5.74) is 1.58. The summed E-state index contributed by atoms with van der Waals surface area (Å²) in [6.07, 6.45) is 5.38. The summed E-state index contributed by atoms with van der Waals surface area (Å²) < 4.78 is 0. The molecule has 1 amide bonds. The van der Waals surface area contributed by atoms with Crippen LogP contribution in [0.25, 0.3) is 0 Å². The average Bonchev–Trinajstić information content (AvgIpc) is 3.21. The number of carbonyl (C=O) groups excluding carboxylic acids is 1. The van der Waals surface area contributed by atoms with Crippen molar-refractivity contribution in [2.24, 2.45) is 0 Å². The molecule has 3 rings (SSSR count). The summed E-state index contributed by atoms with van der Waals surface area (Å²) >= 11 is 5.12.